The highest BCUT2D eigenvalue weighted by atomic mass is 19.3. The molecule has 0 atom stereocenters. The quantitative estimate of drug-likeness (QED) is 0.424. The van der Waals surface area contributed by atoms with Crippen LogP contribution in [0.3, 0.4) is 0 Å². The van der Waals surface area contributed by atoms with Crippen LogP contribution in [0.25, 0.3) is 0 Å². The second-order valence-corrected chi connectivity index (χ2v) is 8.18. The van der Waals surface area contributed by atoms with Crippen LogP contribution in [0.4, 0.5) is 24.7 Å². The predicted molar refractivity (Wildman–Crippen MR) is 117 cm³/mol. The topological polar surface area (TPSA) is 73.0 Å². The maximum absolute atomic E-state index is 13.1. The van der Waals surface area contributed by atoms with Gasteiger partial charge >= 0.3 is 6.11 Å². The Hall–Kier alpha value is -3.20. The summed E-state index contributed by atoms with van der Waals surface area (Å²) in [5.74, 6) is 0.312. The normalized spacial score (nSPS) is 18.4. The molecule has 0 spiro atoms. The van der Waals surface area contributed by atoms with Crippen molar-refractivity contribution in [2.45, 2.75) is 19.0 Å². The number of anilines is 2. The highest BCUT2D eigenvalue weighted by molar-refractivity contribution is 6.06. The second-order valence-electron chi connectivity index (χ2n) is 8.18. The van der Waals surface area contributed by atoms with Crippen LogP contribution in [-0.4, -0.2) is 53.8 Å². The zero-order chi connectivity index (χ0) is 22.9. The Morgan fingerprint density at radius 3 is 2.53 bits per heavy atom. The van der Waals surface area contributed by atoms with Crippen molar-refractivity contribution in [2.75, 3.05) is 31.5 Å². The highest BCUT2D eigenvalue weighted by Crippen LogP contribution is 2.33. The number of nitrogens with zero attached hydrogens (tertiary/aromatic N) is 2. The van der Waals surface area contributed by atoms with Crippen molar-refractivity contribution in [2.24, 2.45) is 5.92 Å². The predicted octanol–water partition coefficient (Wildman–Crippen LogP) is 4.07. The first kappa shape index (κ1) is 22.0. The van der Waals surface area contributed by atoms with Crippen LogP contribution in [0.1, 0.15) is 24.0 Å². The van der Waals surface area contributed by atoms with Gasteiger partial charge in [0.05, 0.1) is 5.71 Å². The van der Waals surface area contributed by atoms with E-state index in [0.717, 1.165) is 24.2 Å². The number of hydrogen-bond donors (Lipinski definition) is 3. The van der Waals surface area contributed by atoms with Gasteiger partial charge in [-0.2, -0.15) is 8.78 Å². The molecule has 3 heterocycles. The molecule has 2 fully saturated rings. The summed E-state index contributed by atoms with van der Waals surface area (Å²) in [4.78, 5) is 4.47. The number of hydrogen-bond acceptors (Lipinski definition) is 5. The number of nitrogens with one attached hydrogen (secondary N) is 3. The Labute approximate surface area is 184 Å². The Bertz CT molecular complexity index is 1050. The lowest BCUT2D eigenvalue weighted by molar-refractivity contribution is -0.591. The van der Waals surface area contributed by atoms with Gasteiger partial charge < -0.3 is 20.8 Å². The maximum atomic E-state index is 13.1. The highest BCUT2D eigenvalue weighted by Gasteiger charge is 2.38. The van der Waals surface area contributed by atoms with Crippen LogP contribution in [0.5, 0.6) is 5.75 Å². The average Bonchev–Trinajstić information content (AvgIpc) is 2.63. The molecule has 32 heavy (non-hydrogen) atoms. The number of allylic oxidation sites excluding steroid dienone is 1. The molecule has 1 aromatic heterocycles. The summed E-state index contributed by atoms with van der Waals surface area (Å²) >= 11 is 0. The fourth-order valence-electron chi connectivity index (χ4n) is 3.86. The van der Waals surface area contributed by atoms with Gasteiger partial charge in [-0.05, 0) is 35.9 Å². The standard InChI is InChI=1S/C23H25F3N5O/c1-14(24)11-31-12-16(13-31)21(27)20-19(15-9-28-10-15)7-8-29-22(20)30-17-3-5-18(6-4-17)32-23(2,25)26/h3-8,11,15-16,27-28H,1,9-10,12-13H2,2H3,(H,29,30)/q+1. The van der Waals surface area contributed by atoms with Gasteiger partial charge in [0.1, 0.15) is 17.5 Å². The number of alkyl halides is 2. The van der Waals surface area contributed by atoms with E-state index in [4.69, 9.17) is 5.41 Å². The molecule has 0 radical (unpaired) electrons. The van der Waals surface area contributed by atoms with Gasteiger partial charge in [-0.1, -0.05) is 6.58 Å². The monoisotopic (exact) mass is 444 g/mol. The molecule has 6 nitrogen and oxygen atoms in total. The summed E-state index contributed by atoms with van der Waals surface area (Å²) in [7, 11) is 0. The molecule has 2 saturated heterocycles. The molecular weight excluding hydrogens is 419 g/mol. The molecule has 0 amide bonds. The van der Waals surface area contributed by atoms with Crippen LogP contribution in [-0.2, 0) is 0 Å². The van der Waals surface area contributed by atoms with Crippen LogP contribution in [0.15, 0.2) is 48.9 Å². The van der Waals surface area contributed by atoms with Crippen LogP contribution in [0, 0.1) is 11.3 Å². The Balaban J connectivity index is 1.58. The van der Waals surface area contributed by atoms with E-state index in [-0.39, 0.29) is 17.6 Å². The SMILES string of the molecule is C=C(F)C=[N+]1CC(C(=N)c2c(C3CNC3)ccnc2Nc2ccc(OC(C)(F)F)cc2)C1. The third-order valence-electron chi connectivity index (χ3n) is 5.53. The summed E-state index contributed by atoms with van der Waals surface area (Å²) in [5.41, 5.74) is 2.86. The van der Waals surface area contributed by atoms with E-state index in [1.54, 1.807) is 22.9 Å². The molecule has 2 aliphatic rings. The van der Waals surface area contributed by atoms with Crippen molar-refractivity contribution in [3.05, 3.63) is 60.1 Å². The third kappa shape index (κ3) is 4.99. The van der Waals surface area contributed by atoms with Gasteiger partial charge in [0.15, 0.2) is 25.1 Å². The van der Waals surface area contributed by atoms with Crippen LogP contribution >= 0.6 is 0 Å². The smallest absolute Gasteiger partial charge is 0.394 e. The van der Waals surface area contributed by atoms with Crippen LogP contribution < -0.4 is 15.4 Å². The van der Waals surface area contributed by atoms with Gasteiger partial charge in [-0.15, -0.1) is 0 Å². The van der Waals surface area contributed by atoms with Gasteiger partial charge in [0.25, 0.3) is 0 Å². The number of ether oxygens (including phenoxy) is 1. The molecule has 3 N–H and O–H groups in total. The third-order valence-corrected chi connectivity index (χ3v) is 5.53. The van der Waals surface area contributed by atoms with E-state index in [0.29, 0.717) is 37.2 Å². The van der Waals surface area contributed by atoms with Gasteiger partial charge in [0, 0.05) is 43.4 Å². The zero-order valence-corrected chi connectivity index (χ0v) is 17.7. The lowest BCUT2D eigenvalue weighted by atomic mass is 9.83. The average molecular weight is 444 g/mol. The van der Waals surface area contributed by atoms with Crippen LogP contribution in [0.2, 0.25) is 0 Å². The molecule has 1 aromatic carbocycles. The molecule has 9 heteroatoms. The first-order valence-corrected chi connectivity index (χ1v) is 10.4. The number of aromatic nitrogens is 1. The fourth-order valence-corrected chi connectivity index (χ4v) is 3.86. The van der Waals surface area contributed by atoms with Crippen molar-refractivity contribution in [1.82, 2.24) is 10.3 Å². The van der Waals surface area contributed by atoms with Crippen molar-refractivity contribution >= 4 is 23.4 Å². The number of benzene rings is 1. The minimum absolute atomic E-state index is 0.0512. The lowest BCUT2D eigenvalue weighted by Crippen LogP contribution is -2.46. The number of pyridine rings is 1. The minimum atomic E-state index is -3.26. The molecule has 0 saturated carbocycles. The van der Waals surface area contributed by atoms with Crippen molar-refractivity contribution in [1.29, 1.82) is 5.41 Å². The summed E-state index contributed by atoms with van der Waals surface area (Å²) < 4.78 is 45.5. The first-order chi connectivity index (χ1) is 15.2. The number of halogens is 3. The van der Waals surface area contributed by atoms with Crippen molar-refractivity contribution in [3.63, 3.8) is 0 Å². The fraction of sp³-hybridized carbons (Fsp3) is 0.348. The zero-order valence-electron chi connectivity index (χ0n) is 17.7. The van der Waals surface area contributed by atoms with E-state index >= 15 is 0 Å². The Morgan fingerprint density at radius 2 is 1.97 bits per heavy atom. The summed E-state index contributed by atoms with van der Waals surface area (Å²) in [6.07, 6.45) is -0.200. The maximum Gasteiger partial charge on any atom is 0.394 e. The largest absolute Gasteiger partial charge is 0.433 e. The minimum Gasteiger partial charge on any atom is -0.433 e. The number of rotatable bonds is 8. The van der Waals surface area contributed by atoms with E-state index in [9.17, 15) is 13.2 Å². The molecule has 2 aromatic rings. The summed E-state index contributed by atoms with van der Waals surface area (Å²) in [6, 6.07) is 8.09. The molecule has 2 aliphatic heterocycles. The molecule has 0 unspecified atom stereocenters. The Morgan fingerprint density at radius 1 is 1.28 bits per heavy atom. The van der Waals surface area contributed by atoms with E-state index in [1.807, 2.05) is 6.07 Å². The van der Waals surface area contributed by atoms with Gasteiger partial charge in [-0.3, -0.25) is 0 Å². The van der Waals surface area contributed by atoms with E-state index in [2.05, 4.69) is 26.9 Å². The summed E-state index contributed by atoms with van der Waals surface area (Å²) in [5, 5.41) is 15.3. The van der Waals surface area contributed by atoms with Gasteiger partial charge in [-0.25, -0.2) is 13.9 Å². The molecule has 0 aliphatic carbocycles. The lowest BCUT2D eigenvalue weighted by Gasteiger charge is -2.32. The van der Waals surface area contributed by atoms with Gasteiger partial charge in [0.2, 0.25) is 0 Å². The van der Waals surface area contributed by atoms with E-state index < -0.39 is 11.9 Å². The second kappa shape index (κ2) is 8.74. The summed E-state index contributed by atoms with van der Waals surface area (Å²) in [6.45, 7) is 6.67. The molecule has 4 rings (SSSR count). The first-order valence-electron chi connectivity index (χ1n) is 10.4. The van der Waals surface area contributed by atoms with Crippen molar-refractivity contribution in [3.8, 4) is 5.75 Å². The molecular formula is C23H25F3N5O+. The molecule has 0 bridgehead atoms. The Kier molecular flexibility index (Phi) is 6.01. The van der Waals surface area contributed by atoms with Crippen molar-refractivity contribution < 1.29 is 22.5 Å². The molecule has 168 valence electrons. The van der Waals surface area contributed by atoms with E-state index in [1.165, 1.54) is 18.3 Å².